The van der Waals surface area contributed by atoms with Crippen LogP contribution in [0.4, 0.5) is 0 Å². The summed E-state index contributed by atoms with van der Waals surface area (Å²) in [5.41, 5.74) is 0. The molecule has 8 heteroatoms. The maximum absolute atomic E-state index is 11.5. The van der Waals surface area contributed by atoms with Crippen LogP contribution in [0.1, 0.15) is 12.8 Å². The highest BCUT2D eigenvalue weighted by molar-refractivity contribution is 6.13. The summed E-state index contributed by atoms with van der Waals surface area (Å²) in [5, 5.41) is 13.6. The molecule has 0 fully saturated rings. The molecule has 1 aliphatic rings. The molecule has 1 heterocycles. The van der Waals surface area contributed by atoms with Gasteiger partial charge in [0.05, 0.1) is 6.61 Å². The highest BCUT2D eigenvalue weighted by Crippen LogP contribution is 2.03. The number of carbonyl (C=O) groups is 4. The lowest BCUT2D eigenvalue weighted by molar-refractivity contribution is -0.137. The van der Waals surface area contributed by atoms with E-state index in [4.69, 9.17) is 5.11 Å². The van der Waals surface area contributed by atoms with Crippen LogP contribution < -0.4 is 10.6 Å². The second kappa shape index (κ2) is 8.05. The van der Waals surface area contributed by atoms with E-state index >= 15 is 0 Å². The molecule has 0 aliphatic carbocycles. The van der Waals surface area contributed by atoms with E-state index in [-0.39, 0.29) is 50.9 Å². The van der Waals surface area contributed by atoms with Crippen LogP contribution in [0.3, 0.4) is 0 Å². The molecule has 110 valence electrons. The van der Waals surface area contributed by atoms with Gasteiger partial charge in [-0.1, -0.05) is 0 Å². The fourth-order valence-electron chi connectivity index (χ4n) is 1.55. The van der Waals surface area contributed by atoms with Crippen LogP contribution in [0.25, 0.3) is 0 Å². The van der Waals surface area contributed by atoms with E-state index < -0.39 is 11.8 Å². The summed E-state index contributed by atoms with van der Waals surface area (Å²) in [5.74, 6) is -1.44. The molecule has 0 aromatic carbocycles. The number of amides is 4. The molecule has 0 unspecified atom stereocenters. The first-order chi connectivity index (χ1) is 9.54. The van der Waals surface area contributed by atoms with E-state index in [1.807, 2.05) is 0 Å². The topological polar surface area (TPSA) is 116 Å². The molecule has 0 aromatic heterocycles. The van der Waals surface area contributed by atoms with Gasteiger partial charge < -0.3 is 15.7 Å². The van der Waals surface area contributed by atoms with Crippen LogP contribution >= 0.6 is 0 Å². The largest absolute Gasteiger partial charge is 0.396 e. The van der Waals surface area contributed by atoms with Gasteiger partial charge in [0.25, 0.3) is 11.8 Å². The first-order valence-corrected chi connectivity index (χ1v) is 6.22. The van der Waals surface area contributed by atoms with E-state index in [9.17, 15) is 19.2 Å². The second-order valence-corrected chi connectivity index (χ2v) is 4.08. The van der Waals surface area contributed by atoms with Crippen molar-refractivity contribution >= 4 is 23.6 Å². The number of rotatable bonds is 8. The molecule has 1 rings (SSSR count). The number of aliphatic hydroxyl groups is 1. The quantitative estimate of drug-likeness (QED) is 0.349. The van der Waals surface area contributed by atoms with Crippen LogP contribution in [0.5, 0.6) is 0 Å². The number of hydrogen-bond donors (Lipinski definition) is 3. The van der Waals surface area contributed by atoms with Gasteiger partial charge in [0.1, 0.15) is 0 Å². The highest BCUT2D eigenvalue weighted by atomic mass is 16.3. The van der Waals surface area contributed by atoms with Gasteiger partial charge in [0.15, 0.2) is 0 Å². The Morgan fingerprint density at radius 3 is 2.00 bits per heavy atom. The Morgan fingerprint density at radius 1 is 1.00 bits per heavy atom. The highest BCUT2D eigenvalue weighted by Gasteiger charge is 2.23. The molecule has 20 heavy (non-hydrogen) atoms. The second-order valence-electron chi connectivity index (χ2n) is 4.08. The van der Waals surface area contributed by atoms with Gasteiger partial charge in [0.2, 0.25) is 11.8 Å². The maximum Gasteiger partial charge on any atom is 0.253 e. The average Bonchev–Trinajstić information content (AvgIpc) is 2.72. The number of imide groups is 1. The van der Waals surface area contributed by atoms with Gasteiger partial charge in [-0.05, 0) is 0 Å². The predicted molar refractivity (Wildman–Crippen MR) is 68.2 cm³/mol. The lowest BCUT2D eigenvalue weighted by Crippen LogP contribution is -2.37. The van der Waals surface area contributed by atoms with E-state index in [2.05, 4.69) is 10.6 Å². The zero-order valence-corrected chi connectivity index (χ0v) is 10.9. The number of nitrogens with one attached hydrogen (secondary N) is 2. The van der Waals surface area contributed by atoms with E-state index in [0.29, 0.717) is 0 Å². The molecule has 0 aromatic rings. The third kappa shape index (κ3) is 5.19. The zero-order chi connectivity index (χ0) is 15.0. The Kier molecular flexibility index (Phi) is 6.38. The molecule has 0 bridgehead atoms. The molecular weight excluding hydrogens is 266 g/mol. The van der Waals surface area contributed by atoms with Crippen molar-refractivity contribution in [2.24, 2.45) is 0 Å². The summed E-state index contributed by atoms with van der Waals surface area (Å²) >= 11 is 0. The van der Waals surface area contributed by atoms with E-state index in [1.54, 1.807) is 0 Å². The Hall–Kier alpha value is -2.22. The lowest BCUT2D eigenvalue weighted by Gasteiger charge is -2.13. The minimum Gasteiger partial charge on any atom is -0.396 e. The number of nitrogens with zero attached hydrogens (tertiary/aromatic N) is 1. The molecule has 8 nitrogen and oxygen atoms in total. The van der Waals surface area contributed by atoms with Gasteiger partial charge in [-0.15, -0.1) is 0 Å². The predicted octanol–water partition coefficient (Wildman–Crippen LogP) is -2.08. The first kappa shape index (κ1) is 15.8. The first-order valence-electron chi connectivity index (χ1n) is 6.22. The van der Waals surface area contributed by atoms with Crippen LogP contribution in [0.15, 0.2) is 12.2 Å². The molecule has 0 saturated heterocycles. The van der Waals surface area contributed by atoms with Crippen LogP contribution in [-0.4, -0.2) is 59.9 Å². The van der Waals surface area contributed by atoms with Crippen molar-refractivity contribution in [3.63, 3.8) is 0 Å². The Balaban J connectivity index is 2.11. The van der Waals surface area contributed by atoms with Gasteiger partial charge in [-0.25, -0.2) is 0 Å². The van der Waals surface area contributed by atoms with Gasteiger partial charge in [-0.3, -0.25) is 24.1 Å². The summed E-state index contributed by atoms with van der Waals surface area (Å²) in [6, 6.07) is 0. The fourth-order valence-corrected chi connectivity index (χ4v) is 1.55. The molecule has 0 saturated carbocycles. The Bertz CT molecular complexity index is 415. The molecule has 1 aliphatic heterocycles. The van der Waals surface area contributed by atoms with Crippen molar-refractivity contribution in [2.45, 2.75) is 12.8 Å². The molecule has 0 spiro atoms. The van der Waals surface area contributed by atoms with Gasteiger partial charge >= 0.3 is 0 Å². The average molecular weight is 283 g/mol. The standard InChI is InChI=1S/C12H17N3O5/c16-8-4-10(18)14-6-5-13-9(17)3-7-15-11(19)1-2-12(15)20/h1-2,16H,3-8H2,(H,13,17)(H,14,18). The molecular formula is C12H17N3O5. The van der Waals surface area contributed by atoms with Gasteiger partial charge in [-0.2, -0.15) is 0 Å². The van der Waals surface area contributed by atoms with E-state index in [0.717, 1.165) is 17.1 Å². The van der Waals surface area contributed by atoms with Gasteiger partial charge in [0, 0.05) is 44.6 Å². The summed E-state index contributed by atoms with van der Waals surface area (Å²) in [7, 11) is 0. The zero-order valence-electron chi connectivity index (χ0n) is 10.9. The minimum atomic E-state index is -0.418. The lowest BCUT2D eigenvalue weighted by atomic mass is 10.3. The fraction of sp³-hybridized carbons (Fsp3) is 0.500. The van der Waals surface area contributed by atoms with Crippen molar-refractivity contribution in [1.82, 2.24) is 15.5 Å². The Morgan fingerprint density at radius 2 is 1.50 bits per heavy atom. The van der Waals surface area contributed by atoms with Crippen molar-refractivity contribution in [2.75, 3.05) is 26.2 Å². The summed E-state index contributed by atoms with van der Waals surface area (Å²) in [6.45, 7) is 0.321. The Labute approximate surface area is 115 Å². The van der Waals surface area contributed by atoms with Crippen molar-refractivity contribution in [3.8, 4) is 0 Å². The summed E-state index contributed by atoms with van der Waals surface area (Å²) in [4.78, 5) is 45.9. The smallest absolute Gasteiger partial charge is 0.253 e. The number of hydrogen-bond acceptors (Lipinski definition) is 5. The van der Waals surface area contributed by atoms with E-state index in [1.165, 1.54) is 0 Å². The van der Waals surface area contributed by atoms with Crippen molar-refractivity contribution < 1.29 is 24.3 Å². The number of aliphatic hydroxyl groups excluding tert-OH is 1. The molecule has 4 amide bonds. The maximum atomic E-state index is 11.5. The van der Waals surface area contributed by atoms with Crippen molar-refractivity contribution in [3.05, 3.63) is 12.2 Å². The van der Waals surface area contributed by atoms with Crippen LogP contribution in [-0.2, 0) is 19.2 Å². The third-order valence-electron chi connectivity index (χ3n) is 2.57. The minimum absolute atomic E-state index is 0.0176. The monoisotopic (exact) mass is 283 g/mol. The molecule has 3 N–H and O–H groups in total. The SMILES string of the molecule is O=C(CCO)NCCNC(=O)CCN1C(=O)C=CC1=O. The normalized spacial score (nSPS) is 13.8. The summed E-state index contributed by atoms with van der Waals surface area (Å²) in [6.07, 6.45) is 2.37. The molecule has 0 atom stereocenters. The number of carbonyl (C=O) groups excluding carboxylic acids is 4. The van der Waals surface area contributed by atoms with Crippen LogP contribution in [0, 0.1) is 0 Å². The van der Waals surface area contributed by atoms with Crippen molar-refractivity contribution in [1.29, 1.82) is 0 Å². The summed E-state index contributed by atoms with van der Waals surface area (Å²) < 4.78 is 0. The third-order valence-corrected chi connectivity index (χ3v) is 2.57. The van der Waals surface area contributed by atoms with Crippen LogP contribution in [0.2, 0.25) is 0 Å². The molecule has 0 radical (unpaired) electrons.